The molecule has 0 aliphatic heterocycles. The monoisotopic (exact) mass is 358 g/mol. The zero-order chi connectivity index (χ0) is 18.0. The fourth-order valence-electron chi connectivity index (χ4n) is 2.33. The number of aromatic nitrogens is 2. The van der Waals surface area contributed by atoms with Crippen LogP contribution in [-0.2, 0) is 10.2 Å². The van der Waals surface area contributed by atoms with Gasteiger partial charge in [-0.3, -0.25) is 14.9 Å². The van der Waals surface area contributed by atoms with Crippen molar-refractivity contribution in [3.8, 4) is 0 Å². The minimum absolute atomic E-state index is 0.0377. The van der Waals surface area contributed by atoms with Crippen molar-refractivity contribution in [2.24, 2.45) is 0 Å². The van der Waals surface area contributed by atoms with Gasteiger partial charge in [-0.05, 0) is 36.0 Å². The summed E-state index contributed by atoms with van der Waals surface area (Å²) in [5.74, 6) is -0.0661. The second kappa shape index (κ2) is 6.92. The summed E-state index contributed by atoms with van der Waals surface area (Å²) in [6, 6.07) is 7.44. The number of amides is 2. The maximum atomic E-state index is 12.1. The van der Waals surface area contributed by atoms with E-state index in [2.05, 4.69) is 41.6 Å². The van der Waals surface area contributed by atoms with Crippen molar-refractivity contribution < 1.29 is 9.59 Å². The van der Waals surface area contributed by atoms with Gasteiger partial charge in [0.1, 0.15) is 5.01 Å². The Balaban J connectivity index is 1.49. The first kappa shape index (κ1) is 17.5. The number of rotatable bonds is 5. The van der Waals surface area contributed by atoms with E-state index in [1.54, 1.807) is 12.1 Å². The molecule has 6 nitrogen and oxygen atoms in total. The van der Waals surface area contributed by atoms with Crippen LogP contribution < -0.4 is 10.6 Å². The molecule has 7 heteroatoms. The lowest BCUT2D eigenvalue weighted by Crippen LogP contribution is -2.32. The number of carbonyl (C=O) groups is 2. The molecular weight excluding hydrogens is 336 g/mol. The molecule has 132 valence electrons. The second-order valence-electron chi connectivity index (χ2n) is 7.28. The van der Waals surface area contributed by atoms with Crippen LogP contribution in [0.2, 0.25) is 0 Å². The van der Waals surface area contributed by atoms with E-state index in [0.29, 0.717) is 16.6 Å². The molecule has 1 aromatic heterocycles. The predicted octanol–water partition coefficient (Wildman–Crippen LogP) is 3.08. The molecule has 0 unspecified atom stereocenters. The number of benzene rings is 1. The molecule has 1 aromatic carbocycles. The van der Waals surface area contributed by atoms with Crippen molar-refractivity contribution in [1.29, 1.82) is 0 Å². The molecular formula is C18H22N4O2S. The van der Waals surface area contributed by atoms with Gasteiger partial charge in [-0.25, -0.2) is 0 Å². The van der Waals surface area contributed by atoms with E-state index in [4.69, 9.17) is 0 Å². The molecule has 2 N–H and O–H groups in total. The van der Waals surface area contributed by atoms with Crippen LogP contribution in [0.4, 0.5) is 5.13 Å². The lowest BCUT2D eigenvalue weighted by Gasteiger charge is -2.19. The quantitative estimate of drug-likeness (QED) is 0.860. The van der Waals surface area contributed by atoms with E-state index < -0.39 is 0 Å². The molecule has 25 heavy (non-hydrogen) atoms. The lowest BCUT2D eigenvalue weighted by atomic mass is 9.87. The Labute approximate surface area is 151 Å². The fourth-order valence-corrected chi connectivity index (χ4v) is 3.26. The van der Waals surface area contributed by atoms with Gasteiger partial charge < -0.3 is 5.32 Å². The molecule has 1 saturated carbocycles. The third-order valence-corrected chi connectivity index (χ3v) is 5.04. The van der Waals surface area contributed by atoms with E-state index in [0.717, 1.165) is 23.4 Å². The van der Waals surface area contributed by atoms with Crippen molar-refractivity contribution in [3.63, 3.8) is 0 Å². The molecule has 3 rings (SSSR count). The van der Waals surface area contributed by atoms with Gasteiger partial charge in [-0.2, -0.15) is 0 Å². The first-order chi connectivity index (χ1) is 11.8. The second-order valence-corrected chi connectivity index (χ2v) is 8.29. The summed E-state index contributed by atoms with van der Waals surface area (Å²) >= 11 is 1.40. The van der Waals surface area contributed by atoms with Gasteiger partial charge in [-0.15, -0.1) is 10.2 Å². The van der Waals surface area contributed by atoms with Gasteiger partial charge in [0, 0.05) is 11.5 Å². The Morgan fingerprint density at radius 3 is 2.44 bits per heavy atom. The maximum absolute atomic E-state index is 12.1. The maximum Gasteiger partial charge on any atom is 0.251 e. The predicted molar refractivity (Wildman–Crippen MR) is 98.0 cm³/mol. The molecule has 0 spiro atoms. The first-order valence-electron chi connectivity index (χ1n) is 8.35. The normalized spacial score (nSPS) is 14.2. The van der Waals surface area contributed by atoms with E-state index >= 15 is 0 Å². The van der Waals surface area contributed by atoms with Crippen LogP contribution in [0.15, 0.2) is 24.3 Å². The highest BCUT2D eigenvalue weighted by molar-refractivity contribution is 7.15. The Bertz CT molecular complexity index is 773. The van der Waals surface area contributed by atoms with Gasteiger partial charge in [0.15, 0.2) is 0 Å². The fraction of sp³-hybridized carbons (Fsp3) is 0.444. The third-order valence-electron chi connectivity index (χ3n) is 4.04. The summed E-state index contributed by atoms with van der Waals surface area (Å²) in [4.78, 5) is 24.1. The van der Waals surface area contributed by atoms with Crippen LogP contribution in [0.1, 0.15) is 60.5 Å². The largest absolute Gasteiger partial charge is 0.343 e. The first-order valence-corrected chi connectivity index (χ1v) is 9.16. The summed E-state index contributed by atoms with van der Waals surface area (Å²) in [5, 5.41) is 14.8. The van der Waals surface area contributed by atoms with Crippen LogP contribution in [0, 0.1) is 0 Å². The zero-order valence-electron chi connectivity index (χ0n) is 14.6. The number of nitrogens with zero attached hydrogens (tertiary/aromatic N) is 2. The highest BCUT2D eigenvalue weighted by Gasteiger charge is 2.27. The topological polar surface area (TPSA) is 84.0 Å². The van der Waals surface area contributed by atoms with E-state index in [-0.39, 0.29) is 23.8 Å². The Hall–Kier alpha value is -2.28. The SMILES string of the molecule is CC(C)(C)c1ccc(C(=O)NCC(=O)Nc2nnc(C3CC3)s2)cc1. The minimum atomic E-state index is -0.307. The van der Waals surface area contributed by atoms with Gasteiger partial charge in [-0.1, -0.05) is 44.2 Å². The standard InChI is InChI=1S/C18H22N4O2S/c1-18(2,3)13-8-6-11(7-9-13)15(24)19-10-14(23)20-17-22-21-16(25-17)12-4-5-12/h6-9,12H,4-5,10H2,1-3H3,(H,19,24)(H,20,22,23). The van der Waals surface area contributed by atoms with Crippen molar-refractivity contribution in [1.82, 2.24) is 15.5 Å². The average Bonchev–Trinajstić information content (AvgIpc) is 3.32. The van der Waals surface area contributed by atoms with Crippen LogP contribution in [0.25, 0.3) is 0 Å². The van der Waals surface area contributed by atoms with Crippen molar-refractivity contribution in [3.05, 3.63) is 40.4 Å². The number of nitrogens with one attached hydrogen (secondary N) is 2. The third kappa shape index (κ3) is 4.63. The highest BCUT2D eigenvalue weighted by atomic mass is 32.1. The van der Waals surface area contributed by atoms with E-state index in [9.17, 15) is 9.59 Å². The molecule has 0 saturated heterocycles. The van der Waals surface area contributed by atoms with Crippen LogP contribution in [0.3, 0.4) is 0 Å². The summed E-state index contributed by atoms with van der Waals surface area (Å²) in [6.45, 7) is 6.26. The van der Waals surface area contributed by atoms with Gasteiger partial charge in [0.2, 0.25) is 11.0 Å². The molecule has 0 atom stereocenters. The zero-order valence-corrected chi connectivity index (χ0v) is 15.4. The Morgan fingerprint density at radius 2 is 1.84 bits per heavy atom. The van der Waals surface area contributed by atoms with Gasteiger partial charge >= 0.3 is 0 Å². The van der Waals surface area contributed by atoms with Crippen LogP contribution in [-0.4, -0.2) is 28.6 Å². The summed E-state index contributed by atoms with van der Waals surface area (Å²) in [5.41, 5.74) is 1.73. The molecule has 0 bridgehead atoms. The smallest absolute Gasteiger partial charge is 0.251 e. The molecule has 0 radical (unpaired) electrons. The highest BCUT2D eigenvalue weighted by Crippen LogP contribution is 2.41. The Morgan fingerprint density at radius 1 is 1.16 bits per heavy atom. The van der Waals surface area contributed by atoms with E-state index in [1.807, 2.05) is 12.1 Å². The molecule has 2 aromatic rings. The number of carbonyl (C=O) groups excluding carboxylic acids is 2. The minimum Gasteiger partial charge on any atom is -0.343 e. The van der Waals surface area contributed by atoms with Gasteiger partial charge in [0.25, 0.3) is 5.91 Å². The lowest BCUT2D eigenvalue weighted by molar-refractivity contribution is -0.115. The summed E-state index contributed by atoms with van der Waals surface area (Å²) < 4.78 is 0. The van der Waals surface area contributed by atoms with Crippen LogP contribution in [0.5, 0.6) is 0 Å². The number of anilines is 1. The molecule has 1 heterocycles. The van der Waals surface area contributed by atoms with Crippen molar-refractivity contribution >= 4 is 28.3 Å². The van der Waals surface area contributed by atoms with Gasteiger partial charge in [0.05, 0.1) is 6.54 Å². The van der Waals surface area contributed by atoms with Crippen molar-refractivity contribution in [2.75, 3.05) is 11.9 Å². The molecule has 1 aliphatic rings. The molecule has 1 aliphatic carbocycles. The summed E-state index contributed by atoms with van der Waals surface area (Å²) in [7, 11) is 0. The molecule has 2 amide bonds. The molecule has 1 fully saturated rings. The summed E-state index contributed by atoms with van der Waals surface area (Å²) in [6.07, 6.45) is 2.29. The number of hydrogen-bond donors (Lipinski definition) is 2. The van der Waals surface area contributed by atoms with Crippen molar-refractivity contribution in [2.45, 2.75) is 44.9 Å². The average molecular weight is 358 g/mol. The van der Waals surface area contributed by atoms with Crippen LogP contribution >= 0.6 is 11.3 Å². The van der Waals surface area contributed by atoms with E-state index in [1.165, 1.54) is 11.3 Å². The number of hydrogen-bond acceptors (Lipinski definition) is 5. The Kier molecular flexibility index (Phi) is 4.85.